The molecule has 0 spiro atoms. The fourth-order valence-corrected chi connectivity index (χ4v) is 11.6. The normalized spacial score (nSPS) is 12.8. The SMILES string of the molecule is CCCC/C=C\C/C=C\CCCCCCCC(=O)OCCCCCCCCCCC/C=C\C/C=C\CCCCCCCCCCCCCCCCCC(=O)NC(CO)C(O)CCCCCCCCCCCCCCCCCCCCCCC. The van der Waals surface area contributed by atoms with Crippen molar-refractivity contribution in [3.05, 3.63) is 48.6 Å². The highest BCUT2D eigenvalue weighted by atomic mass is 16.5. The second kappa shape index (κ2) is 72.3. The molecule has 0 aromatic rings. The predicted molar refractivity (Wildman–Crippen MR) is 366 cm³/mol. The Labute approximate surface area is 518 Å². The van der Waals surface area contributed by atoms with Crippen LogP contribution in [-0.2, 0) is 14.3 Å². The van der Waals surface area contributed by atoms with E-state index in [1.54, 1.807) is 0 Å². The van der Waals surface area contributed by atoms with Gasteiger partial charge in [0.1, 0.15) is 0 Å². The second-order valence-electron chi connectivity index (χ2n) is 25.6. The maximum Gasteiger partial charge on any atom is 0.305 e. The average Bonchev–Trinajstić information content (AvgIpc) is 3.49. The van der Waals surface area contributed by atoms with Gasteiger partial charge in [0, 0.05) is 12.8 Å². The van der Waals surface area contributed by atoms with Crippen molar-refractivity contribution in [2.24, 2.45) is 0 Å². The number of carbonyl (C=O) groups excluding carboxylic acids is 2. The van der Waals surface area contributed by atoms with E-state index < -0.39 is 12.1 Å². The van der Waals surface area contributed by atoms with Crippen LogP contribution in [0, 0.1) is 0 Å². The molecule has 83 heavy (non-hydrogen) atoms. The van der Waals surface area contributed by atoms with Gasteiger partial charge < -0.3 is 20.3 Å². The van der Waals surface area contributed by atoms with Gasteiger partial charge in [-0.25, -0.2) is 0 Å². The van der Waals surface area contributed by atoms with E-state index in [2.05, 4.69) is 67.8 Å². The van der Waals surface area contributed by atoms with Crippen molar-refractivity contribution in [1.82, 2.24) is 5.32 Å². The van der Waals surface area contributed by atoms with Crippen LogP contribution in [0.2, 0.25) is 0 Å². The zero-order chi connectivity index (χ0) is 59.9. The molecule has 0 rings (SSSR count). The van der Waals surface area contributed by atoms with E-state index in [9.17, 15) is 19.8 Å². The molecule has 0 aliphatic rings. The van der Waals surface area contributed by atoms with E-state index >= 15 is 0 Å². The second-order valence-corrected chi connectivity index (χ2v) is 25.6. The van der Waals surface area contributed by atoms with Crippen molar-refractivity contribution < 1.29 is 24.5 Å². The lowest BCUT2D eigenvalue weighted by Gasteiger charge is -2.22. The monoisotopic (exact) mass is 1160 g/mol. The molecule has 0 saturated carbocycles. The first-order valence-electron chi connectivity index (χ1n) is 37.4. The van der Waals surface area contributed by atoms with E-state index in [4.69, 9.17) is 4.74 Å². The summed E-state index contributed by atoms with van der Waals surface area (Å²) in [5.41, 5.74) is 0. The summed E-state index contributed by atoms with van der Waals surface area (Å²) in [5, 5.41) is 23.4. The van der Waals surface area contributed by atoms with Crippen LogP contribution < -0.4 is 5.32 Å². The Bertz CT molecular complexity index is 1390. The van der Waals surface area contributed by atoms with Gasteiger partial charge in [-0.3, -0.25) is 9.59 Å². The summed E-state index contributed by atoms with van der Waals surface area (Å²) in [5.74, 6) is -0.0316. The number of aliphatic hydroxyl groups excluding tert-OH is 2. The molecule has 3 N–H and O–H groups in total. The van der Waals surface area contributed by atoms with Gasteiger partial charge in [0.05, 0.1) is 25.4 Å². The number of unbranched alkanes of at least 4 members (excludes halogenated alkanes) is 51. The smallest absolute Gasteiger partial charge is 0.305 e. The minimum Gasteiger partial charge on any atom is -0.466 e. The molecule has 0 bridgehead atoms. The fraction of sp³-hybridized carbons (Fsp3) is 0.870. The molecular weight excluding hydrogens is 1020 g/mol. The molecule has 2 atom stereocenters. The predicted octanol–water partition coefficient (Wildman–Crippen LogP) is 24.4. The highest BCUT2D eigenvalue weighted by Gasteiger charge is 2.20. The fourth-order valence-electron chi connectivity index (χ4n) is 11.6. The summed E-state index contributed by atoms with van der Waals surface area (Å²) in [6, 6.07) is -0.543. The zero-order valence-corrected chi connectivity index (χ0v) is 55.9. The van der Waals surface area contributed by atoms with Crippen molar-refractivity contribution in [2.75, 3.05) is 13.2 Å². The third-order valence-electron chi connectivity index (χ3n) is 17.4. The molecular formula is C77H145NO5. The van der Waals surface area contributed by atoms with E-state index in [0.717, 1.165) is 57.8 Å². The Kier molecular flexibility index (Phi) is 70.4. The number of ether oxygens (including phenoxy) is 1. The summed E-state index contributed by atoms with van der Waals surface area (Å²) in [6.07, 6.45) is 94.6. The maximum atomic E-state index is 12.6. The zero-order valence-electron chi connectivity index (χ0n) is 55.9. The van der Waals surface area contributed by atoms with Gasteiger partial charge in [-0.15, -0.1) is 0 Å². The summed E-state index contributed by atoms with van der Waals surface area (Å²) >= 11 is 0. The Morgan fingerprint density at radius 2 is 0.614 bits per heavy atom. The van der Waals surface area contributed by atoms with Crippen LogP contribution in [0.1, 0.15) is 406 Å². The summed E-state index contributed by atoms with van der Waals surface area (Å²) in [7, 11) is 0. The molecule has 0 fully saturated rings. The van der Waals surface area contributed by atoms with Crippen molar-refractivity contribution in [2.45, 2.75) is 418 Å². The first kappa shape index (κ1) is 80.8. The number of hydrogen-bond donors (Lipinski definition) is 3. The maximum absolute atomic E-state index is 12.6. The molecule has 6 nitrogen and oxygen atoms in total. The van der Waals surface area contributed by atoms with Crippen LogP contribution in [0.15, 0.2) is 48.6 Å². The molecule has 6 heteroatoms. The van der Waals surface area contributed by atoms with E-state index in [-0.39, 0.29) is 18.5 Å². The van der Waals surface area contributed by atoms with Gasteiger partial charge >= 0.3 is 5.97 Å². The molecule has 0 aromatic carbocycles. The number of nitrogens with one attached hydrogen (secondary N) is 1. The lowest BCUT2D eigenvalue weighted by molar-refractivity contribution is -0.143. The Hall–Kier alpha value is -2.18. The largest absolute Gasteiger partial charge is 0.466 e. The molecule has 488 valence electrons. The number of hydrogen-bond acceptors (Lipinski definition) is 5. The van der Waals surface area contributed by atoms with E-state index in [0.29, 0.717) is 25.9 Å². The van der Waals surface area contributed by atoms with Crippen molar-refractivity contribution in [1.29, 1.82) is 0 Å². The summed E-state index contributed by atoms with van der Waals surface area (Å²) in [6.45, 7) is 4.94. The topological polar surface area (TPSA) is 95.9 Å². The van der Waals surface area contributed by atoms with Gasteiger partial charge in [-0.2, -0.15) is 0 Å². The van der Waals surface area contributed by atoms with Crippen molar-refractivity contribution >= 4 is 11.9 Å². The molecule has 0 aliphatic heterocycles. The molecule has 1 amide bonds. The molecule has 0 aromatic heterocycles. The number of allylic oxidation sites excluding steroid dienone is 8. The van der Waals surface area contributed by atoms with Gasteiger partial charge in [-0.05, 0) is 83.5 Å². The van der Waals surface area contributed by atoms with Crippen LogP contribution in [0.5, 0.6) is 0 Å². The van der Waals surface area contributed by atoms with Crippen molar-refractivity contribution in [3.63, 3.8) is 0 Å². The molecule has 0 radical (unpaired) electrons. The van der Waals surface area contributed by atoms with Crippen molar-refractivity contribution in [3.8, 4) is 0 Å². The van der Waals surface area contributed by atoms with Crippen LogP contribution in [0.3, 0.4) is 0 Å². The van der Waals surface area contributed by atoms with Crippen LogP contribution in [0.25, 0.3) is 0 Å². The minimum absolute atomic E-state index is 0.00122. The minimum atomic E-state index is -0.666. The Morgan fingerprint density at radius 3 is 0.952 bits per heavy atom. The average molecular weight is 1170 g/mol. The van der Waals surface area contributed by atoms with Crippen LogP contribution in [-0.4, -0.2) is 47.4 Å². The Morgan fingerprint density at radius 1 is 0.337 bits per heavy atom. The first-order valence-corrected chi connectivity index (χ1v) is 37.4. The third-order valence-corrected chi connectivity index (χ3v) is 17.4. The Balaban J connectivity index is 3.40. The number of esters is 1. The lowest BCUT2D eigenvalue weighted by Crippen LogP contribution is -2.45. The highest BCUT2D eigenvalue weighted by molar-refractivity contribution is 5.76. The lowest BCUT2D eigenvalue weighted by atomic mass is 10.0. The highest BCUT2D eigenvalue weighted by Crippen LogP contribution is 2.19. The van der Waals surface area contributed by atoms with Gasteiger partial charge in [0.25, 0.3) is 0 Å². The van der Waals surface area contributed by atoms with E-state index in [1.807, 2.05) is 0 Å². The number of carbonyl (C=O) groups is 2. The van der Waals surface area contributed by atoms with E-state index in [1.165, 1.54) is 315 Å². The van der Waals surface area contributed by atoms with Crippen LogP contribution in [0.4, 0.5) is 0 Å². The van der Waals surface area contributed by atoms with Gasteiger partial charge in [-0.1, -0.05) is 358 Å². The molecule has 0 aliphatic carbocycles. The third kappa shape index (κ3) is 68.8. The number of rotatable bonds is 70. The standard InChI is InChI=1S/C77H145NO5/c1-3-5-7-9-11-13-15-17-19-20-21-33-36-39-42-45-49-53-57-61-65-69-75(80)74(73-79)78-76(81)70-66-62-58-54-50-46-43-40-37-34-31-29-27-25-23-22-24-26-28-30-32-35-38-41-44-48-52-56-60-64-68-72-83-77(82)71-67-63-59-55-51-47-18-16-14-12-10-8-6-4-2/h10,12,16,18,24,26,30,32,74-75,79-80H,3-9,11,13-15,17,19-23,25,27-29,31,33-73H2,1-2H3,(H,78,81)/b12-10-,18-16-,26-24-,32-30-. The quantitative estimate of drug-likeness (QED) is 0.0320. The summed E-state index contributed by atoms with van der Waals surface area (Å²) < 4.78 is 5.48. The molecule has 2 unspecified atom stereocenters. The summed E-state index contributed by atoms with van der Waals surface area (Å²) in [4.78, 5) is 24.6. The van der Waals surface area contributed by atoms with Gasteiger partial charge in [0.2, 0.25) is 5.91 Å². The molecule has 0 heterocycles. The number of aliphatic hydroxyl groups is 2. The molecule has 0 saturated heterocycles. The van der Waals surface area contributed by atoms with Crippen LogP contribution >= 0.6 is 0 Å². The first-order chi connectivity index (χ1) is 41.0. The van der Waals surface area contributed by atoms with Gasteiger partial charge in [0.15, 0.2) is 0 Å². The number of amides is 1.